The molecule has 4 heteroatoms. The monoisotopic (exact) mass is 738 g/mol. The van der Waals surface area contributed by atoms with Crippen LogP contribution in [0.2, 0.25) is 0 Å². The molecule has 2 aromatic heterocycles. The molecule has 0 N–H and O–H groups in total. The van der Waals surface area contributed by atoms with Crippen molar-refractivity contribution in [3.63, 3.8) is 0 Å². The zero-order valence-electron chi connectivity index (χ0n) is 29.8. The third-order valence-electron chi connectivity index (χ3n) is 11.8. The van der Waals surface area contributed by atoms with Gasteiger partial charge in [0.05, 0.1) is 10.4 Å². The fourth-order valence-corrected chi connectivity index (χ4v) is 11.9. The summed E-state index contributed by atoms with van der Waals surface area (Å²) in [6, 6.07) is 62.4. The molecular weight excluding hydrogens is 705 g/mol. The Kier molecular flexibility index (Phi) is 6.89. The van der Waals surface area contributed by atoms with E-state index in [9.17, 15) is 0 Å². The van der Waals surface area contributed by atoms with Gasteiger partial charge in [-0.1, -0.05) is 109 Å². The molecule has 1 saturated carbocycles. The van der Waals surface area contributed by atoms with Gasteiger partial charge in [-0.05, 0) is 118 Å². The first kappa shape index (κ1) is 31.2. The van der Waals surface area contributed by atoms with E-state index in [1.54, 1.807) is 5.56 Å². The fraction of sp³-hybridized carbons (Fsp3) is 0.0588. The number of hydrogen-bond donors (Lipinski definition) is 0. The van der Waals surface area contributed by atoms with E-state index < -0.39 is 0 Å². The van der Waals surface area contributed by atoms with Crippen molar-refractivity contribution < 1.29 is 0 Å². The molecule has 3 aliphatic rings. The maximum absolute atomic E-state index is 2.50. The molecule has 260 valence electrons. The lowest BCUT2D eigenvalue weighted by Crippen LogP contribution is -2.12. The van der Waals surface area contributed by atoms with Crippen molar-refractivity contribution in [1.29, 1.82) is 0 Å². The number of anilines is 6. The molecule has 0 spiro atoms. The van der Waals surface area contributed by atoms with E-state index in [2.05, 4.69) is 198 Å². The Hall–Kier alpha value is -6.20. The van der Waals surface area contributed by atoms with Gasteiger partial charge < -0.3 is 9.80 Å². The molecule has 0 bridgehead atoms. The predicted molar refractivity (Wildman–Crippen MR) is 236 cm³/mol. The van der Waals surface area contributed by atoms with Crippen molar-refractivity contribution >= 4 is 92.6 Å². The van der Waals surface area contributed by atoms with Gasteiger partial charge in [0.1, 0.15) is 0 Å². The molecule has 7 aromatic carbocycles. The summed E-state index contributed by atoms with van der Waals surface area (Å²) in [6.45, 7) is 0. The van der Waals surface area contributed by atoms with E-state index >= 15 is 0 Å². The number of para-hydroxylation sites is 2. The smallest absolute Gasteiger partial charge is 0.0640 e. The van der Waals surface area contributed by atoms with Gasteiger partial charge in [-0.2, -0.15) is 0 Å². The Morgan fingerprint density at radius 3 is 1.78 bits per heavy atom. The Balaban J connectivity index is 1.06. The summed E-state index contributed by atoms with van der Waals surface area (Å²) in [5.41, 5.74) is 12.7. The second kappa shape index (κ2) is 12.2. The van der Waals surface area contributed by atoms with Crippen LogP contribution in [0.4, 0.5) is 34.1 Å². The van der Waals surface area contributed by atoms with Crippen LogP contribution in [-0.4, -0.2) is 0 Å². The molecule has 2 heterocycles. The lowest BCUT2D eigenvalue weighted by molar-refractivity contribution is 0.996. The highest BCUT2D eigenvalue weighted by Gasteiger charge is 2.55. The maximum atomic E-state index is 2.50. The van der Waals surface area contributed by atoms with E-state index in [1.165, 1.54) is 63.2 Å². The molecule has 0 saturated heterocycles. The largest absolute Gasteiger partial charge is 0.311 e. The van der Waals surface area contributed by atoms with Crippen LogP contribution in [0.25, 0.3) is 46.3 Å². The Morgan fingerprint density at radius 2 is 1.04 bits per heavy atom. The van der Waals surface area contributed by atoms with Crippen molar-refractivity contribution in [2.75, 3.05) is 9.80 Å². The normalized spacial score (nSPS) is 17.7. The number of rotatable bonds is 6. The third-order valence-corrected chi connectivity index (χ3v) is 14.3. The lowest BCUT2D eigenvalue weighted by Gasteiger charge is -2.29. The standard InChI is InChI=1S/C51H34N2S2/c1-3-13-32(14-4-1)52(33-15-5-2-6-16-33)34-25-27-35(28-26-34)53(44-22-12-20-39-37-17-7-9-23-45(37)54-50(39)44)36-29-30-40-43(31-36)38-19-11-21-42-47(38)48(42)49-41-18-8-10-24-46(41)55-51(40)49/h1-31,42,47-48H. The lowest BCUT2D eigenvalue weighted by atomic mass is 9.92. The Labute approximate surface area is 328 Å². The number of allylic oxidation sites excluding steroid dienone is 4. The molecule has 0 aliphatic heterocycles. The number of nitrogens with zero attached hydrogens (tertiary/aromatic N) is 2. The molecule has 3 unspecified atom stereocenters. The summed E-state index contributed by atoms with van der Waals surface area (Å²) < 4.78 is 4.00. The minimum Gasteiger partial charge on any atom is -0.311 e. The SMILES string of the molecule is C1=CC2C3C(=C1)c1cc(N(c4ccc(N(c5ccccc5)c5ccccc5)cc4)c4cccc5c4sc4ccccc45)ccc1-c1sc4ccccc4c1C23. The van der Waals surface area contributed by atoms with E-state index in [0.717, 1.165) is 22.7 Å². The van der Waals surface area contributed by atoms with Crippen molar-refractivity contribution in [1.82, 2.24) is 0 Å². The molecule has 1 fully saturated rings. The van der Waals surface area contributed by atoms with Gasteiger partial charge in [-0.3, -0.25) is 0 Å². The molecule has 3 atom stereocenters. The zero-order chi connectivity index (χ0) is 36.0. The van der Waals surface area contributed by atoms with Crippen LogP contribution in [0.15, 0.2) is 188 Å². The van der Waals surface area contributed by atoms with Gasteiger partial charge in [0.25, 0.3) is 0 Å². The highest BCUT2D eigenvalue weighted by Crippen LogP contribution is 2.68. The second-order valence-corrected chi connectivity index (χ2v) is 16.9. The van der Waals surface area contributed by atoms with Crippen LogP contribution >= 0.6 is 22.7 Å². The zero-order valence-corrected chi connectivity index (χ0v) is 31.5. The summed E-state index contributed by atoms with van der Waals surface area (Å²) in [6.07, 6.45) is 7.16. The first-order valence-electron chi connectivity index (χ1n) is 19.1. The van der Waals surface area contributed by atoms with Gasteiger partial charge in [-0.25, -0.2) is 0 Å². The Morgan fingerprint density at radius 1 is 0.436 bits per heavy atom. The maximum Gasteiger partial charge on any atom is 0.0640 e. The van der Waals surface area contributed by atoms with E-state index in [-0.39, 0.29) is 0 Å². The second-order valence-electron chi connectivity index (χ2n) is 14.8. The van der Waals surface area contributed by atoms with Gasteiger partial charge >= 0.3 is 0 Å². The van der Waals surface area contributed by atoms with Crippen molar-refractivity contribution in [2.45, 2.75) is 5.92 Å². The molecule has 2 nitrogen and oxygen atoms in total. The molecule has 12 rings (SSSR count). The molecule has 0 radical (unpaired) electrons. The van der Waals surface area contributed by atoms with Crippen LogP contribution in [0.1, 0.15) is 17.0 Å². The molecular formula is C51H34N2S2. The summed E-state index contributed by atoms with van der Waals surface area (Å²) in [7, 11) is 0. The molecule has 0 amide bonds. The summed E-state index contributed by atoms with van der Waals surface area (Å²) in [5, 5.41) is 4.04. The number of benzene rings is 7. The number of fused-ring (bicyclic) bond motifs is 11. The van der Waals surface area contributed by atoms with E-state index in [4.69, 9.17) is 0 Å². The highest BCUT2D eigenvalue weighted by molar-refractivity contribution is 7.26. The number of thiophene rings is 2. The Bertz CT molecular complexity index is 2970. The summed E-state index contributed by atoms with van der Waals surface area (Å²) in [4.78, 5) is 6.27. The van der Waals surface area contributed by atoms with Gasteiger partial charge in [0, 0.05) is 59.4 Å². The fourth-order valence-electron chi connectivity index (χ4n) is 9.41. The van der Waals surface area contributed by atoms with Crippen LogP contribution in [0, 0.1) is 11.8 Å². The minimum atomic E-state index is 0.527. The predicted octanol–water partition coefficient (Wildman–Crippen LogP) is 15.2. The van der Waals surface area contributed by atoms with Crippen LogP contribution in [0.5, 0.6) is 0 Å². The molecule has 9 aromatic rings. The van der Waals surface area contributed by atoms with Crippen molar-refractivity contribution in [3.05, 3.63) is 199 Å². The average Bonchev–Trinajstić information content (AvgIpc) is 3.69. The topological polar surface area (TPSA) is 6.48 Å². The third kappa shape index (κ3) is 4.78. The van der Waals surface area contributed by atoms with Crippen molar-refractivity contribution in [3.8, 4) is 10.4 Å². The van der Waals surface area contributed by atoms with Crippen LogP contribution in [-0.2, 0) is 0 Å². The quantitative estimate of drug-likeness (QED) is 0.168. The minimum absolute atomic E-state index is 0.527. The highest BCUT2D eigenvalue weighted by atomic mass is 32.1. The number of hydrogen-bond acceptors (Lipinski definition) is 4. The van der Waals surface area contributed by atoms with Gasteiger partial charge in [0.15, 0.2) is 0 Å². The van der Waals surface area contributed by atoms with Gasteiger partial charge in [0.2, 0.25) is 0 Å². The van der Waals surface area contributed by atoms with E-state index in [0.29, 0.717) is 17.8 Å². The summed E-state index contributed by atoms with van der Waals surface area (Å²) >= 11 is 3.86. The summed E-state index contributed by atoms with van der Waals surface area (Å²) in [5.74, 6) is 1.64. The molecule has 3 aliphatic carbocycles. The molecule has 55 heavy (non-hydrogen) atoms. The van der Waals surface area contributed by atoms with E-state index in [1.807, 2.05) is 22.7 Å². The van der Waals surface area contributed by atoms with Crippen LogP contribution < -0.4 is 9.80 Å². The van der Waals surface area contributed by atoms with Gasteiger partial charge in [-0.15, -0.1) is 22.7 Å². The first-order valence-corrected chi connectivity index (χ1v) is 20.7. The van der Waals surface area contributed by atoms with Crippen LogP contribution in [0.3, 0.4) is 0 Å². The van der Waals surface area contributed by atoms with Crippen molar-refractivity contribution in [2.24, 2.45) is 11.8 Å². The first-order chi connectivity index (χ1) is 27.3. The average molecular weight is 739 g/mol.